The molecule has 114 valence electrons. The van der Waals surface area contributed by atoms with Crippen molar-refractivity contribution >= 4 is 17.3 Å². The van der Waals surface area contributed by atoms with E-state index in [1.54, 1.807) is 7.11 Å². The van der Waals surface area contributed by atoms with Crippen molar-refractivity contribution in [1.29, 1.82) is 0 Å². The summed E-state index contributed by atoms with van der Waals surface area (Å²) in [6, 6.07) is 16.0. The highest BCUT2D eigenvalue weighted by Crippen LogP contribution is 2.31. The maximum atomic E-state index is 12.4. The van der Waals surface area contributed by atoms with Crippen molar-refractivity contribution in [1.82, 2.24) is 0 Å². The summed E-state index contributed by atoms with van der Waals surface area (Å²) in [4.78, 5) is 14.5. The molecule has 22 heavy (non-hydrogen) atoms. The van der Waals surface area contributed by atoms with Crippen LogP contribution in [0.3, 0.4) is 0 Å². The van der Waals surface area contributed by atoms with Gasteiger partial charge in [0.05, 0.1) is 19.3 Å². The number of nitrogens with one attached hydrogen (secondary N) is 1. The van der Waals surface area contributed by atoms with E-state index in [2.05, 4.69) is 29.3 Å². The Morgan fingerprint density at radius 1 is 1.23 bits per heavy atom. The first-order valence-electron chi connectivity index (χ1n) is 7.46. The molecule has 0 saturated carbocycles. The monoisotopic (exact) mass is 296 g/mol. The number of ether oxygens (including phenoxy) is 1. The zero-order chi connectivity index (χ0) is 15.5. The van der Waals surface area contributed by atoms with E-state index in [0.717, 1.165) is 12.1 Å². The molecule has 1 heterocycles. The van der Waals surface area contributed by atoms with E-state index in [-0.39, 0.29) is 5.91 Å². The molecule has 1 N–H and O–H groups in total. The Kier molecular flexibility index (Phi) is 4.00. The summed E-state index contributed by atoms with van der Waals surface area (Å²) in [5, 5.41) is 2.93. The molecule has 1 aliphatic heterocycles. The molecule has 3 rings (SSSR count). The predicted octanol–water partition coefficient (Wildman–Crippen LogP) is 3.08. The van der Waals surface area contributed by atoms with E-state index in [4.69, 9.17) is 4.74 Å². The molecule has 4 nitrogen and oxygen atoms in total. The van der Waals surface area contributed by atoms with Crippen molar-refractivity contribution in [2.75, 3.05) is 23.9 Å². The third kappa shape index (κ3) is 2.77. The average molecular weight is 296 g/mol. The maximum absolute atomic E-state index is 12.4. The number of rotatable bonds is 4. The number of carbonyl (C=O) groups excluding carboxylic acids is 1. The van der Waals surface area contributed by atoms with E-state index in [0.29, 0.717) is 24.0 Å². The van der Waals surface area contributed by atoms with Crippen LogP contribution in [0.1, 0.15) is 12.5 Å². The van der Waals surface area contributed by atoms with E-state index < -0.39 is 0 Å². The lowest BCUT2D eigenvalue weighted by molar-refractivity contribution is -0.115. The molecule has 0 radical (unpaired) electrons. The van der Waals surface area contributed by atoms with Crippen LogP contribution in [0.25, 0.3) is 0 Å². The number of para-hydroxylation sites is 3. The van der Waals surface area contributed by atoms with Crippen LogP contribution in [0.2, 0.25) is 0 Å². The minimum atomic E-state index is -0.0342. The van der Waals surface area contributed by atoms with Crippen molar-refractivity contribution in [2.45, 2.75) is 19.4 Å². The second kappa shape index (κ2) is 6.10. The smallest absolute Gasteiger partial charge is 0.244 e. The zero-order valence-corrected chi connectivity index (χ0v) is 12.9. The highest BCUT2D eigenvalue weighted by atomic mass is 16.5. The maximum Gasteiger partial charge on any atom is 0.244 e. The number of methoxy groups -OCH3 is 1. The van der Waals surface area contributed by atoms with Gasteiger partial charge in [0.2, 0.25) is 5.91 Å². The first-order chi connectivity index (χ1) is 10.7. The van der Waals surface area contributed by atoms with Crippen LogP contribution in [-0.2, 0) is 11.2 Å². The average Bonchev–Trinajstić information content (AvgIpc) is 2.84. The number of hydrogen-bond donors (Lipinski definition) is 1. The van der Waals surface area contributed by atoms with E-state index >= 15 is 0 Å². The van der Waals surface area contributed by atoms with E-state index in [9.17, 15) is 4.79 Å². The minimum Gasteiger partial charge on any atom is -0.495 e. The number of carbonyl (C=O) groups is 1. The summed E-state index contributed by atoms with van der Waals surface area (Å²) in [6.45, 7) is 2.49. The molecule has 0 saturated heterocycles. The van der Waals surface area contributed by atoms with Gasteiger partial charge in [-0.2, -0.15) is 0 Å². The summed E-state index contributed by atoms with van der Waals surface area (Å²) in [5.41, 5.74) is 3.17. The van der Waals surface area contributed by atoms with Crippen molar-refractivity contribution in [3.63, 3.8) is 0 Å². The lowest BCUT2D eigenvalue weighted by Crippen LogP contribution is -2.37. The van der Waals surface area contributed by atoms with Gasteiger partial charge in [-0.25, -0.2) is 0 Å². The lowest BCUT2D eigenvalue weighted by atomic mass is 10.1. The summed E-state index contributed by atoms with van der Waals surface area (Å²) in [6.07, 6.45) is 0.984. The predicted molar refractivity (Wildman–Crippen MR) is 88.6 cm³/mol. The molecule has 0 bridgehead atoms. The van der Waals surface area contributed by atoms with Crippen molar-refractivity contribution in [3.05, 3.63) is 54.1 Å². The number of anilines is 2. The van der Waals surface area contributed by atoms with Gasteiger partial charge < -0.3 is 15.0 Å². The van der Waals surface area contributed by atoms with Gasteiger partial charge in [0, 0.05) is 11.7 Å². The van der Waals surface area contributed by atoms with Gasteiger partial charge in [-0.15, -0.1) is 0 Å². The topological polar surface area (TPSA) is 41.6 Å². The molecule has 1 amide bonds. The fourth-order valence-electron chi connectivity index (χ4n) is 2.96. The van der Waals surface area contributed by atoms with Gasteiger partial charge in [-0.3, -0.25) is 4.79 Å². The van der Waals surface area contributed by atoms with Crippen molar-refractivity contribution in [2.24, 2.45) is 0 Å². The van der Waals surface area contributed by atoms with E-state index in [1.165, 1.54) is 5.56 Å². The summed E-state index contributed by atoms with van der Waals surface area (Å²) >= 11 is 0. The number of hydrogen-bond acceptors (Lipinski definition) is 3. The fourth-order valence-corrected chi connectivity index (χ4v) is 2.96. The molecular weight excluding hydrogens is 276 g/mol. The van der Waals surface area contributed by atoms with Crippen molar-refractivity contribution in [3.8, 4) is 5.75 Å². The van der Waals surface area contributed by atoms with Gasteiger partial charge in [0.25, 0.3) is 0 Å². The Morgan fingerprint density at radius 3 is 2.77 bits per heavy atom. The normalized spacial score (nSPS) is 16.3. The van der Waals surface area contributed by atoms with Gasteiger partial charge in [-0.1, -0.05) is 30.3 Å². The molecule has 0 spiro atoms. The van der Waals surface area contributed by atoms with Gasteiger partial charge in [0.1, 0.15) is 5.75 Å². The summed E-state index contributed by atoms with van der Waals surface area (Å²) < 4.78 is 5.27. The highest BCUT2D eigenvalue weighted by molar-refractivity contribution is 5.95. The summed E-state index contributed by atoms with van der Waals surface area (Å²) in [7, 11) is 1.60. The number of amides is 1. The van der Waals surface area contributed by atoms with Gasteiger partial charge in [-0.05, 0) is 37.1 Å². The largest absolute Gasteiger partial charge is 0.495 e. The number of fused-ring (bicyclic) bond motifs is 1. The van der Waals surface area contributed by atoms with E-state index in [1.807, 2.05) is 36.4 Å². The van der Waals surface area contributed by atoms with Crippen LogP contribution >= 0.6 is 0 Å². The third-order valence-electron chi connectivity index (χ3n) is 4.04. The SMILES string of the molecule is COc1ccccc1NC(=O)CN1c2ccccc2C[C@@H]1C. The fraction of sp³-hybridized carbons (Fsp3) is 0.278. The molecule has 2 aromatic carbocycles. The second-order valence-electron chi connectivity index (χ2n) is 5.56. The van der Waals surface area contributed by atoms with Gasteiger partial charge >= 0.3 is 0 Å². The Hall–Kier alpha value is -2.49. The lowest BCUT2D eigenvalue weighted by Gasteiger charge is -2.24. The molecule has 0 aromatic heterocycles. The van der Waals surface area contributed by atoms with Crippen molar-refractivity contribution < 1.29 is 9.53 Å². The molecule has 1 aliphatic rings. The van der Waals surface area contributed by atoms with Crippen LogP contribution in [0.4, 0.5) is 11.4 Å². The zero-order valence-electron chi connectivity index (χ0n) is 12.9. The number of benzene rings is 2. The van der Waals surface area contributed by atoms with Crippen LogP contribution < -0.4 is 15.0 Å². The Morgan fingerprint density at radius 2 is 1.95 bits per heavy atom. The molecule has 4 heteroatoms. The molecule has 0 unspecified atom stereocenters. The molecule has 1 atom stereocenters. The Labute approximate surface area is 130 Å². The summed E-state index contributed by atoms with van der Waals surface area (Å²) in [5.74, 6) is 0.638. The van der Waals surface area contributed by atoms with Crippen LogP contribution in [0.5, 0.6) is 5.75 Å². The molecule has 0 fully saturated rings. The first-order valence-corrected chi connectivity index (χ1v) is 7.46. The van der Waals surface area contributed by atoms with Crippen LogP contribution in [0, 0.1) is 0 Å². The van der Waals surface area contributed by atoms with Crippen LogP contribution in [-0.4, -0.2) is 25.6 Å². The molecule has 0 aliphatic carbocycles. The third-order valence-corrected chi connectivity index (χ3v) is 4.04. The van der Waals surface area contributed by atoms with Crippen LogP contribution in [0.15, 0.2) is 48.5 Å². The Bertz CT molecular complexity index is 684. The first kappa shape index (κ1) is 14.4. The quantitative estimate of drug-likeness (QED) is 0.942. The standard InChI is InChI=1S/C18H20N2O2/c1-13-11-14-7-3-5-9-16(14)20(13)12-18(21)19-15-8-4-6-10-17(15)22-2/h3-10,13H,11-12H2,1-2H3,(H,19,21)/t13-/m0/s1. The second-order valence-corrected chi connectivity index (χ2v) is 5.56. The Balaban J connectivity index is 1.72. The highest BCUT2D eigenvalue weighted by Gasteiger charge is 2.27. The van der Waals surface area contributed by atoms with Gasteiger partial charge in [0.15, 0.2) is 0 Å². The number of nitrogens with zero attached hydrogens (tertiary/aromatic N) is 1. The molecule has 2 aromatic rings. The minimum absolute atomic E-state index is 0.0342. The molecular formula is C18H20N2O2.